The molecule has 0 spiro atoms. The summed E-state index contributed by atoms with van der Waals surface area (Å²) in [5, 5.41) is 0. The molecule has 0 saturated carbocycles. The number of phosphoric ester groups is 1. The Morgan fingerprint density at radius 3 is 0.947 bits per heavy atom. The van der Waals surface area contributed by atoms with E-state index in [1.165, 1.54) is 186 Å². The van der Waals surface area contributed by atoms with Gasteiger partial charge >= 0.3 is 19.8 Å². The second-order valence-electron chi connectivity index (χ2n) is 18.1. The van der Waals surface area contributed by atoms with Crippen LogP contribution in [0.25, 0.3) is 0 Å². The third kappa shape index (κ3) is 47.6. The highest BCUT2D eigenvalue weighted by molar-refractivity contribution is 7.46. The standard InChI is InChI=1S/C48H95O8P/c1-44(2)38-34-30-26-22-18-14-10-7-5-6-8-12-16-20-24-28-32-36-40-47(49)54-42-46(43-55-57(51,52)53)56-48(50)41-37-33-29-25-21-17-13-9-11-15-19-23-27-31-35-39-45(3)4/h44-46H,5-43H2,1-4H3,(H2,51,52,53)/t46-/m1/s1. The first-order valence-corrected chi connectivity index (χ1v) is 26.1. The highest BCUT2D eigenvalue weighted by atomic mass is 31.2. The molecule has 1 atom stereocenters. The largest absolute Gasteiger partial charge is 0.469 e. The predicted octanol–water partition coefficient (Wildman–Crippen LogP) is 15.3. The van der Waals surface area contributed by atoms with Gasteiger partial charge in [0.1, 0.15) is 6.61 Å². The summed E-state index contributed by atoms with van der Waals surface area (Å²) in [5.41, 5.74) is 0. The molecule has 0 rings (SSSR count). The molecule has 2 N–H and O–H groups in total. The summed E-state index contributed by atoms with van der Waals surface area (Å²) < 4.78 is 26.5. The average Bonchev–Trinajstić information content (AvgIpc) is 3.15. The Hall–Kier alpha value is -0.950. The van der Waals surface area contributed by atoms with Crippen LogP contribution >= 0.6 is 7.82 Å². The van der Waals surface area contributed by atoms with Crippen LogP contribution < -0.4 is 0 Å². The lowest BCUT2D eigenvalue weighted by Crippen LogP contribution is -2.29. The molecule has 57 heavy (non-hydrogen) atoms. The Kier molecular flexibility index (Phi) is 41.1. The van der Waals surface area contributed by atoms with Crippen molar-refractivity contribution in [2.45, 2.75) is 271 Å². The third-order valence-electron chi connectivity index (χ3n) is 11.2. The number of carbonyl (C=O) groups excluding carboxylic acids is 2. The number of ether oxygens (including phenoxy) is 2. The van der Waals surface area contributed by atoms with Crippen molar-refractivity contribution in [2.24, 2.45) is 11.8 Å². The van der Waals surface area contributed by atoms with E-state index in [-0.39, 0.29) is 19.4 Å². The van der Waals surface area contributed by atoms with Gasteiger partial charge in [0.15, 0.2) is 6.10 Å². The van der Waals surface area contributed by atoms with Gasteiger partial charge in [-0.25, -0.2) is 4.57 Å². The monoisotopic (exact) mass is 831 g/mol. The van der Waals surface area contributed by atoms with Gasteiger partial charge in [-0.05, 0) is 24.7 Å². The summed E-state index contributed by atoms with van der Waals surface area (Å²) in [6, 6.07) is 0. The van der Waals surface area contributed by atoms with Crippen LogP contribution in [0.15, 0.2) is 0 Å². The van der Waals surface area contributed by atoms with Gasteiger partial charge < -0.3 is 19.3 Å². The molecule has 0 bridgehead atoms. The normalized spacial score (nSPS) is 12.5. The zero-order chi connectivity index (χ0) is 42.1. The minimum Gasteiger partial charge on any atom is -0.462 e. The summed E-state index contributed by atoms with van der Waals surface area (Å²) in [5.74, 6) is 0.822. The lowest BCUT2D eigenvalue weighted by Gasteiger charge is -2.18. The molecule has 0 aromatic carbocycles. The number of unbranched alkanes of at least 4 members (excludes halogenated alkanes) is 31. The highest BCUT2D eigenvalue weighted by Crippen LogP contribution is 2.36. The first kappa shape index (κ1) is 56.0. The van der Waals surface area contributed by atoms with E-state index in [1.54, 1.807) is 0 Å². The second kappa shape index (κ2) is 41.8. The lowest BCUT2D eigenvalue weighted by molar-refractivity contribution is -0.161. The molecule has 0 amide bonds. The Morgan fingerprint density at radius 1 is 0.404 bits per heavy atom. The predicted molar refractivity (Wildman–Crippen MR) is 239 cm³/mol. The van der Waals surface area contributed by atoms with Crippen LogP contribution in [0, 0.1) is 11.8 Å². The molecule has 0 aliphatic carbocycles. The molecule has 340 valence electrons. The first-order valence-electron chi connectivity index (χ1n) is 24.5. The Balaban J connectivity index is 3.78. The zero-order valence-corrected chi connectivity index (χ0v) is 39.0. The number of carbonyl (C=O) groups is 2. The summed E-state index contributed by atoms with van der Waals surface area (Å²) in [7, 11) is -4.75. The topological polar surface area (TPSA) is 119 Å². The maximum absolute atomic E-state index is 12.5. The molecule has 9 heteroatoms. The van der Waals surface area contributed by atoms with Crippen molar-refractivity contribution in [2.75, 3.05) is 13.2 Å². The van der Waals surface area contributed by atoms with E-state index in [0.29, 0.717) is 6.42 Å². The molecule has 8 nitrogen and oxygen atoms in total. The van der Waals surface area contributed by atoms with Crippen LogP contribution in [0.5, 0.6) is 0 Å². The molecule has 0 radical (unpaired) electrons. The number of hydrogen-bond donors (Lipinski definition) is 2. The second-order valence-corrected chi connectivity index (χ2v) is 19.4. The van der Waals surface area contributed by atoms with Crippen LogP contribution in [0.4, 0.5) is 0 Å². The molecule has 0 aliphatic rings. The number of phosphoric acid groups is 1. The Morgan fingerprint density at radius 2 is 0.667 bits per heavy atom. The SMILES string of the molecule is CC(C)CCCCCCCCCCCCCCCCCCCCC(=O)OC[C@H](COP(=O)(O)O)OC(=O)CCCCCCCCCCCCCCCCCC(C)C. The molecule has 0 aliphatic heterocycles. The van der Waals surface area contributed by atoms with E-state index in [9.17, 15) is 14.2 Å². The summed E-state index contributed by atoms with van der Waals surface area (Å²) in [6.45, 7) is 8.45. The number of hydrogen-bond acceptors (Lipinski definition) is 6. The van der Waals surface area contributed by atoms with Crippen LogP contribution in [0.2, 0.25) is 0 Å². The smallest absolute Gasteiger partial charge is 0.462 e. The van der Waals surface area contributed by atoms with Crippen molar-refractivity contribution in [1.29, 1.82) is 0 Å². The van der Waals surface area contributed by atoms with Gasteiger partial charge in [-0.3, -0.25) is 14.1 Å². The van der Waals surface area contributed by atoms with E-state index in [2.05, 4.69) is 32.2 Å². The molecular formula is C48H95O8P. The Bertz CT molecular complexity index is 920. The van der Waals surface area contributed by atoms with Crippen molar-refractivity contribution in [3.05, 3.63) is 0 Å². The average molecular weight is 831 g/mol. The third-order valence-corrected chi connectivity index (χ3v) is 11.7. The van der Waals surface area contributed by atoms with Gasteiger partial charge in [0.2, 0.25) is 0 Å². The molecule has 0 aromatic rings. The quantitative estimate of drug-likeness (QED) is 0.0354. The summed E-state index contributed by atoms with van der Waals surface area (Å²) >= 11 is 0. The molecule has 0 fully saturated rings. The van der Waals surface area contributed by atoms with E-state index in [1.807, 2.05) is 0 Å². The van der Waals surface area contributed by atoms with Gasteiger partial charge in [0.25, 0.3) is 0 Å². The number of rotatable bonds is 45. The summed E-state index contributed by atoms with van der Waals surface area (Å²) in [4.78, 5) is 43.0. The number of esters is 2. The van der Waals surface area contributed by atoms with E-state index in [0.717, 1.165) is 43.9 Å². The first-order chi connectivity index (χ1) is 27.5. The molecule has 0 heterocycles. The van der Waals surface area contributed by atoms with Gasteiger partial charge in [0.05, 0.1) is 6.61 Å². The molecule has 0 unspecified atom stereocenters. The van der Waals surface area contributed by atoms with Crippen LogP contribution in [-0.2, 0) is 28.2 Å². The van der Waals surface area contributed by atoms with Crippen molar-refractivity contribution in [3.63, 3.8) is 0 Å². The van der Waals surface area contributed by atoms with Gasteiger partial charge in [-0.1, -0.05) is 240 Å². The highest BCUT2D eigenvalue weighted by Gasteiger charge is 2.23. The fraction of sp³-hybridized carbons (Fsp3) is 0.958. The fourth-order valence-electron chi connectivity index (χ4n) is 7.57. The van der Waals surface area contributed by atoms with Gasteiger partial charge in [-0.15, -0.1) is 0 Å². The van der Waals surface area contributed by atoms with E-state index >= 15 is 0 Å². The molecule has 0 saturated heterocycles. The lowest BCUT2D eigenvalue weighted by atomic mass is 10.0. The van der Waals surface area contributed by atoms with Crippen molar-refractivity contribution >= 4 is 19.8 Å². The zero-order valence-electron chi connectivity index (χ0n) is 38.1. The maximum Gasteiger partial charge on any atom is 0.469 e. The van der Waals surface area contributed by atoms with Gasteiger partial charge in [-0.2, -0.15) is 0 Å². The summed E-state index contributed by atoms with van der Waals surface area (Å²) in [6.07, 6.45) is 44.1. The van der Waals surface area contributed by atoms with Crippen molar-refractivity contribution < 1.29 is 37.9 Å². The minimum atomic E-state index is -4.75. The van der Waals surface area contributed by atoms with Crippen LogP contribution in [0.1, 0.15) is 265 Å². The molecule has 0 aromatic heterocycles. The van der Waals surface area contributed by atoms with E-state index < -0.39 is 32.5 Å². The van der Waals surface area contributed by atoms with Crippen LogP contribution in [0.3, 0.4) is 0 Å². The van der Waals surface area contributed by atoms with Crippen LogP contribution in [-0.4, -0.2) is 41.0 Å². The molecular weight excluding hydrogens is 735 g/mol. The van der Waals surface area contributed by atoms with E-state index in [4.69, 9.17) is 19.3 Å². The minimum absolute atomic E-state index is 0.219. The van der Waals surface area contributed by atoms with Crippen molar-refractivity contribution in [3.8, 4) is 0 Å². The maximum atomic E-state index is 12.5. The van der Waals surface area contributed by atoms with Crippen molar-refractivity contribution in [1.82, 2.24) is 0 Å². The fourth-order valence-corrected chi connectivity index (χ4v) is 7.93. The Labute approximate surface area is 353 Å². The van der Waals surface area contributed by atoms with Gasteiger partial charge in [0, 0.05) is 12.8 Å².